The first-order chi connectivity index (χ1) is 11.7. The van der Waals surface area contributed by atoms with E-state index in [0.29, 0.717) is 12.2 Å². The Bertz CT molecular complexity index is 576. The fraction of sp³-hybridized carbons (Fsp3) is 0.611. The molecule has 24 heavy (non-hydrogen) atoms. The predicted octanol–water partition coefficient (Wildman–Crippen LogP) is 1.85. The Morgan fingerprint density at radius 3 is 2.67 bits per heavy atom. The smallest absolute Gasteiger partial charge is 0.271 e. The van der Waals surface area contributed by atoms with E-state index in [9.17, 15) is 4.79 Å². The van der Waals surface area contributed by atoms with Crippen molar-refractivity contribution < 1.29 is 4.79 Å². The monoisotopic (exact) mass is 329 g/mol. The average molecular weight is 329 g/mol. The number of likely N-dealkylation sites (N-methyl/N-ethyl adjacent to an activating group) is 1. The second kappa shape index (κ2) is 8.24. The van der Waals surface area contributed by atoms with Crippen LogP contribution in [0.15, 0.2) is 24.0 Å². The molecule has 0 saturated carbocycles. The minimum atomic E-state index is -0.135. The first kappa shape index (κ1) is 16.9. The van der Waals surface area contributed by atoms with Crippen LogP contribution in [0, 0.1) is 0 Å². The quantitative estimate of drug-likeness (QED) is 0.836. The van der Waals surface area contributed by atoms with E-state index in [1.54, 1.807) is 12.4 Å². The molecule has 1 fully saturated rings. The third-order valence-corrected chi connectivity index (χ3v) is 4.81. The number of piperazine rings is 1. The topological polar surface area (TPSA) is 61.4 Å². The number of aromatic nitrogens is 2. The summed E-state index contributed by atoms with van der Waals surface area (Å²) < 4.78 is 0. The molecule has 2 aliphatic rings. The van der Waals surface area contributed by atoms with Crippen molar-refractivity contribution in [3.05, 3.63) is 29.7 Å². The molecule has 1 aromatic heterocycles. The molecule has 3 rings (SSSR count). The van der Waals surface area contributed by atoms with Gasteiger partial charge >= 0.3 is 0 Å². The van der Waals surface area contributed by atoms with E-state index in [2.05, 4.69) is 38.2 Å². The van der Waals surface area contributed by atoms with Crippen molar-refractivity contribution >= 4 is 11.7 Å². The standard InChI is InChI=1S/C18H27N5O/c1-22-9-11-23(12-10-22)17-14-20-16(13-21-17)18(24)19-8-7-15-5-3-2-4-6-15/h5,13-14H,2-4,6-12H2,1H3,(H,19,24). The van der Waals surface area contributed by atoms with E-state index in [-0.39, 0.29) is 5.91 Å². The SMILES string of the molecule is CN1CCN(c2cnc(C(=O)NCCC3=CCCCC3)cn2)CC1. The van der Waals surface area contributed by atoms with E-state index in [1.165, 1.54) is 31.3 Å². The molecule has 0 bridgehead atoms. The summed E-state index contributed by atoms with van der Waals surface area (Å²) in [6.45, 7) is 4.63. The summed E-state index contributed by atoms with van der Waals surface area (Å²) in [7, 11) is 2.12. The summed E-state index contributed by atoms with van der Waals surface area (Å²) >= 11 is 0. The Morgan fingerprint density at radius 1 is 1.17 bits per heavy atom. The molecular formula is C18H27N5O. The number of amides is 1. The highest BCUT2D eigenvalue weighted by atomic mass is 16.1. The van der Waals surface area contributed by atoms with E-state index in [0.717, 1.165) is 38.4 Å². The van der Waals surface area contributed by atoms with E-state index in [4.69, 9.17) is 0 Å². The highest BCUT2D eigenvalue weighted by Gasteiger charge is 2.16. The van der Waals surface area contributed by atoms with Gasteiger partial charge in [0.15, 0.2) is 0 Å². The molecule has 0 aromatic carbocycles. The molecule has 130 valence electrons. The Kier molecular flexibility index (Phi) is 5.80. The Hall–Kier alpha value is -1.95. The zero-order chi connectivity index (χ0) is 16.8. The summed E-state index contributed by atoms with van der Waals surface area (Å²) in [4.78, 5) is 25.4. The summed E-state index contributed by atoms with van der Waals surface area (Å²) in [5, 5.41) is 2.95. The van der Waals surface area contributed by atoms with Crippen molar-refractivity contribution in [2.45, 2.75) is 32.1 Å². The van der Waals surface area contributed by atoms with Gasteiger partial charge in [-0.3, -0.25) is 4.79 Å². The number of nitrogens with zero attached hydrogens (tertiary/aromatic N) is 4. The second-order valence-corrected chi connectivity index (χ2v) is 6.66. The maximum Gasteiger partial charge on any atom is 0.271 e. The van der Waals surface area contributed by atoms with Gasteiger partial charge in [0, 0.05) is 32.7 Å². The lowest BCUT2D eigenvalue weighted by atomic mass is 9.97. The molecule has 0 atom stereocenters. The van der Waals surface area contributed by atoms with Crippen molar-refractivity contribution in [2.75, 3.05) is 44.7 Å². The summed E-state index contributed by atoms with van der Waals surface area (Å²) in [6.07, 6.45) is 11.5. The van der Waals surface area contributed by atoms with Crippen LogP contribution in [-0.2, 0) is 0 Å². The molecule has 2 heterocycles. The molecule has 0 spiro atoms. The highest BCUT2D eigenvalue weighted by Crippen LogP contribution is 2.19. The van der Waals surface area contributed by atoms with Crippen LogP contribution in [-0.4, -0.2) is 60.5 Å². The van der Waals surface area contributed by atoms with Gasteiger partial charge in [-0.1, -0.05) is 11.6 Å². The van der Waals surface area contributed by atoms with E-state index >= 15 is 0 Å². The lowest BCUT2D eigenvalue weighted by molar-refractivity contribution is 0.0948. The average Bonchev–Trinajstić information content (AvgIpc) is 2.63. The first-order valence-electron chi connectivity index (χ1n) is 8.94. The summed E-state index contributed by atoms with van der Waals surface area (Å²) in [5.41, 5.74) is 1.86. The maximum atomic E-state index is 12.2. The largest absolute Gasteiger partial charge is 0.353 e. The van der Waals surface area contributed by atoms with Crippen molar-refractivity contribution in [3.8, 4) is 0 Å². The minimum Gasteiger partial charge on any atom is -0.353 e. The molecular weight excluding hydrogens is 302 g/mol. The Morgan fingerprint density at radius 2 is 2.00 bits per heavy atom. The van der Waals surface area contributed by atoms with Gasteiger partial charge in [-0.25, -0.2) is 9.97 Å². The van der Waals surface area contributed by atoms with E-state index < -0.39 is 0 Å². The van der Waals surface area contributed by atoms with Crippen LogP contribution in [0.3, 0.4) is 0 Å². The molecule has 1 aliphatic carbocycles. The molecule has 0 radical (unpaired) electrons. The highest BCUT2D eigenvalue weighted by molar-refractivity contribution is 5.92. The molecule has 1 aromatic rings. The Labute approximate surface area is 144 Å². The molecule has 1 amide bonds. The number of allylic oxidation sites excluding steroid dienone is 1. The zero-order valence-corrected chi connectivity index (χ0v) is 14.5. The number of rotatable bonds is 5. The number of hydrogen-bond acceptors (Lipinski definition) is 5. The van der Waals surface area contributed by atoms with Gasteiger partial charge in [0.25, 0.3) is 5.91 Å². The van der Waals surface area contributed by atoms with Crippen LogP contribution in [0.25, 0.3) is 0 Å². The van der Waals surface area contributed by atoms with E-state index in [1.807, 2.05) is 0 Å². The number of carbonyl (C=O) groups excluding carboxylic acids is 1. The fourth-order valence-corrected chi connectivity index (χ4v) is 3.20. The van der Waals surface area contributed by atoms with Gasteiger partial charge in [-0.05, 0) is 39.2 Å². The number of hydrogen-bond donors (Lipinski definition) is 1. The zero-order valence-electron chi connectivity index (χ0n) is 14.5. The predicted molar refractivity (Wildman–Crippen MR) is 95.2 cm³/mol. The van der Waals surface area contributed by atoms with Crippen molar-refractivity contribution in [3.63, 3.8) is 0 Å². The van der Waals surface area contributed by atoms with Gasteiger partial charge in [-0.2, -0.15) is 0 Å². The van der Waals surface area contributed by atoms with Crippen molar-refractivity contribution in [1.82, 2.24) is 20.2 Å². The number of carbonyl (C=O) groups is 1. The number of nitrogens with one attached hydrogen (secondary N) is 1. The van der Waals surface area contributed by atoms with Crippen molar-refractivity contribution in [2.24, 2.45) is 0 Å². The van der Waals surface area contributed by atoms with Crippen molar-refractivity contribution in [1.29, 1.82) is 0 Å². The molecule has 6 heteroatoms. The van der Waals surface area contributed by atoms with Gasteiger partial charge in [0.05, 0.1) is 12.4 Å². The third kappa shape index (κ3) is 4.54. The first-order valence-corrected chi connectivity index (χ1v) is 8.94. The summed E-state index contributed by atoms with van der Waals surface area (Å²) in [6, 6.07) is 0. The van der Waals surface area contributed by atoms with Crippen LogP contribution < -0.4 is 10.2 Å². The third-order valence-electron chi connectivity index (χ3n) is 4.81. The maximum absolute atomic E-state index is 12.2. The normalized spacial score (nSPS) is 19.0. The lowest BCUT2D eigenvalue weighted by Crippen LogP contribution is -2.44. The van der Waals surface area contributed by atoms with Gasteiger partial charge in [-0.15, -0.1) is 0 Å². The Balaban J connectivity index is 1.47. The molecule has 0 unspecified atom stereocenters. The molecule has 1 saturated heterocycles. The molecule has 6 nitrogen and oxygen atoms in total. The molecule has 1 N–H and O–H groups in total. The lowest BCUT2D eigenvalue weighted by Gasteiger charge is -2.32. The van der Waals surface area contributed by atoms with Gasteiger partial charge in [0.1, 0.15) is 11.5 Å². The number of anilines is 1. The second-order valence-electron chi connectivity index (χ2n) is 6.66. The van der Waals surface area contributed by atoms with Crippen LogP contribution in [0.1, 0.15) is 42.6 Å². The van der Waals surface area contributed by atoms with Crippen LogP contribution >= 0.6 is 0 Å². The van der Waals surface area contributed by atoms with Crippen LogP contribution in [0.4, 0.5) is 5.82 Å². The van der Waals surface area contributed by atoms with Gasteiger partial charge < -0.3 is 15.1 Å². The molecule has 1 aliphatic heterocycles. The van der Waals surface area contributed by atoms with Crippen LogP contribution in [0.2, 0.25) is 0 Å². The van der Waals surface area contributed by atoms with Crippen LogP contribution in [0.5, 0.6) is 0 Å². The fourth-order valence-electron chi connectivity index (χ4n) is 3.20. The summed E-state index contributed by atoms with van der Waals surface area (Å²) in [5.74, 6) is 0.718. The minimum absolute atomic E-state index is 0.135. The van der Waals surface area contributed by atoms with Gasteiger partial charge in [0.2, 0.25) is 0 Å².